The van der Waals surface area contributed by atoms with E-state index in [2.05, 4.69) is 125 Å². The summed E-state index contributed by atoms with van der Waals surface area (Å²) in [6.07, 6.45) is 6.20. The normalized spacial score (nSPS) is 12.3. The van der Waals surface area contributed by atoms with E-state index in [0.29, 0.717) is 0 Å². The number of fused-ring (bicyclic) bond motifs is 12. The van der Waals surface area contributed by atoms with Crippen LogP contribution < -0.4 is 0 Å². The topological polar surface area (TPSA) is 34.6 Å². The molecule has 0 aliphatic heterocycles. The van der Waals surface area contributed by atoms with Crippen molar-refractivity contribution >= 4 is 54.6 Å². The molecule has 0 fully saturated rings. The van der Waals surface area contributed by atoms with Gasteiger partial charge in [0, 0.05) is 33.9 Å². The number of hydrogen-bond donors (Lipinski definition) is 0. The van der Waals surface area contributed by atoms with Gasteiger partial charge < -0.3 is 0 Å². The second-order valence-corrected chi connectivity index (χ2v) is 12.9. The lowest BCUT2D eigenvalue weighted by atomic mass is 9.91. The highest BCUT2D eigenvalue weighted by atomic mass is 15.0. The first-order chi connectivity index (χ1) is 21.2. The summed E-state index contributed by atoms with van der Waals surface area (Å²) in [7, 11) is 0. The van der Waals surface area contributed by atoms with Crippen molar-refractivity contribution in [1.82, 2.24) is 18.8 Å². The summed E-state index contributed by atoms with van der Waals surface area (Å²) >= 11 is 0. The fraction of sp³-hybridized carbons (Fsp3) is 0.250. The number of aryl methyl sites for hydroxylation is 6. The van der Waals surface area contributed by atoms with Crippen molar-refractivity contribution in [3.63, 3.8) is 0 Å². The molecule has 4 heteroatoms. The maximum Gasteiger partial charge on any atom is 0.145 e. The Kier molecular flexibility index (Phi) is 5.74. The first-order valence-corrected chi connectivity index (χ1v) is 15.7. The molecule has 0 spiro atoms. The minimum absolute atomic E-state index is 0.830. The molecule has 0 aliphatic rings. The van der Waals surface area contributed by atoms with Crippen LogP contribution >= 0.6 is 0 Å². The highest BCUT2D eigenvalue weighted by molar-refractivity contribution is 6.15. The van der Waals surface area contributed by atoms with Gasteiger partial charge in [-0.1, -0.05) is 48.5 Å². The number of imidazole rings is 2. The van der Waals surface area contributed by atoms with E-state index in [-0.39, 0.29) is 0 Å². The molecule has 4 heterocycles. The molecule has 0 saturated heterocycles. The standard InChI is InChI=1S/C40H38N4/c1-21-23(3)27(7)37-35(25(21)5)31-13-9-11-15-33(31)39-41-29(19-43(37)39)17-18-30-20-44-38-28(8)24(4)22(2)26(6)36(38)32-14-10-12-16-34(32)40(44)42-30/h9-16,19-20H,17-18H2,1-8H3. The molecule has 8 aromatic rings. The number of hydrogen-bond acceptors (Lipinski definition) is 2. The molecule has 0 N–H and O–H groups in total. The zero-order valence-corrected chi connectivity index (χ0v) is 27.0. The predicted octanol–water partition coefficient (Wildman–Crippen LogP) is 9.85. The molecule has 0 atom stereocenters. The van der Waals surface area contributed by atoms with Crippen LogP contribution in [0.4, 0.5) is 0 Å². The summed E-state index contributed by atoms with van der Waals surface area (Å²) in [5.41, 5.74) is 17.7. The van der Waals surface area contributed by atoms with Crippen LogP contribution in [-0.4, -0.2) is 18.8 Å². The monoisotopic (exact) mass is 574 g/mol. The van der Waals surface area contributed by atoms with Crippen LogP contribution in [0, 0.1) is 55.4 Å². The Hall–Kier alpha value is -4.70. The summed E-state index contributed by atoms with van der Waals surface area (Å²) < 4.78 is 4.70. The average Bonchev–Trinajstić information content (AvgIpc) is 3.67. The molecule has 0 aliphatic carbocycles. The van der Waals surface area contributed by atoms with Crippen molar-refractivity contribution in [3.05, 3.63) is 117 Å². The molecule has 4 aromatic carbocycles. The van der Waals surface area contributed by atoms with Crippen molar-refractivity contribution in [1.29, 1.82) is 0 Å². The van der Waals surface area contributed by atoms with Gasteiger partial charge in [0.2, 0.25) is 0 Å². The molecular formula is C40H38N4. The molecular weight excluding hydrogens is 536 g/mol. The third kappa shape index (κ3) is 3.51. The van der Waals surface area contributed by atoms with Crippen molar-refractivity contribution in [2.45, 2.75) is 68.2 Å². The van der Waals surface area contributed by atoms with Crippen LogP contribution in [0.5, 0.6) is 0 Å². The van der Waals surface area contributed by atoms with Crippen LogP contribution in [0.2, 0.25) is 0 Å². The predicted molar refractivity (Wildman–Crippen MR) is 186 cm³/mol. The molecule has 218 valence electrons. The zero-order valence-electron chi connectivity index (χ0n) is 27.0. The van der Waals surface area contributed by atoms with Crippen LogP contribution in [0.25, 0.3) is 54.6 Å². The Bertz CT molecular complexity index is 2350. The number of benzene rings is 4. The summed E-state index contributed by atoms with van der Waals surface area (Å²) in [6.45, 7) is 18.1. The van der Waals surface area contributed by atoms with Crippen molar-refractivity contribution in [2.75, 3.05) is 0 Å². The summed E-state index contributed by atoms with van der Waals surface area (Å²) in [5, 5.41) is 7.66. The number of pyridine rings is 2. The lowest BCUT2D eigenvalue weighted by Gasteiger charge is -2.17. The first kappa shape index (κ1) is 26.9. The molecule has 4 aromatic heterocycles. The third-order valence-electron chi connectivity index (χ3n) is 10.8. The quantitative estimate of drug-likeness (QED) is 0.197. The Morgan fingerprint density at radius 1 is 0.432 bits per heavy atom. The second-order valence-electron chi connectivity index (χ2n) is 12.9. The maximum atomic E-state index is 5.26. The van der Waals surface area contributed by atoms with Gasteiger partial charge in [-0.2, -0.15) is 0 Å². The van der Waals surface area contributed by atoms with E-state index >= 15 is 0 Å². The van der Waals surface area contributed by atoms with Crippen LogP contribution in [0.1, 0.15) is 55.9 Å². The van der Waals surface area contributed by atoms with E-state index in [4.69, 9.17) is 9.97 Å². The van der Waals surface area contributed by atoms with Crippen LogP contribution in [-0.2, 0) is 12.8 Å². The first-order valence-electron chi connectivity index (χ1n) is 15.7. The highest BCUT2D eigenvalue weighted by Crippen LogP contribution is 2.38. The van der Waals surface area contributed by atoms with E-state index in [1.165, 1.54) is 87.9 Å². The van der Waals surface area contributed by atoms with Crippen molar-refractivity contribution < 1.29 is 0 Å². The van der Waals surface area contributed by atoms with Gasteiger partial charge >= 0.3 is 0 Å². The van der Waals surface area contributed by atoms with E-state index in [1.54, 1.807) is 0 Å². The average molecular weight is 575 g/mol. The van der Waals surface area contributed by atoms with Crippen molar-refractivity contribution in [2.24, 2.45) is 0 Å². The van der Waals surface area contributed by atoms with E-state index < -0.39 is 0 Å². The van der Waals surface area contributed by atoms with E-state index in [0.717, 1.165) is 35.5 Å². The number of rotatable bonds is 3. The molecule has 0 amide bonds. The van der Waals surface area contributed by atoms with E-state index in [1.807, 2.05) is 0 Å². The lowest BCUT2D eigenvalue weighted by molar-refractivity contribution is 0.901. The maximum absolute atomic E-state index is 5.26. The van der Waals surface area contributed by atoms with Gasteiger partial charge in [-0.25, -0.2) is 9.97 Å². The zero-order chi connectivity index (χ0) is 30.6. The smallest absolute Gasteiger partial charge is 0.145 e. The Morgan fingerprint density at radius 3 is 1.16 bits per heavy atom. The fourth-order valence-corrected chi connectivity index (χ4v) is 7.71. The Morgan fingerprint density at radius 2 is 0.773 bits per heavy atom. The summed E-state index contributed by atoms with van der Waals surface area (Å²) in [6, 6.07) is 17.5. The van der Waals surface area contributed by atoms with E-state index in [9.17, 15) is 0 Å². The number of aromatic nitrogens is 4. The highest BCUT2D eigenvalue weighted by Gasteiger charge is 2.20. The molecule has 0 unspecified atom stereocenters. The SMILES string of the molecule is Cc1c(C)c(C)c2c(c1C)c1ccccc1c1nc(CCc3cn4c(n3)c3ccccc3c3c(C)c(C)c(C)c(C)c34)cn12. The van der Waals surface area contributed by atoms with Gasteiger partial charge in [0.05, 0.1) is 22.4 Å². The molecule has 0 radical (unpaired) electrons. The fourth-order valence-electron chi connectivity index (χ4n) is 7.71. The second kappa shape index (κ2) is 9.40. The molecule has 4 nitrogen and oxygen atoms in total. The van der Waals surface area contributed by atoms with Gasteiger partial charge in [-0.3, -0.25) is 8.80 Å². The van der Waals surface area contributed by atoms with Gasteiger partial charge in [0.1, 0.15) is 11.3 Å². The minimum atomic E-state index is 0.830. The third-order valence-corrected chi connectivity index (χ3v) is 10.8. The Balaban J connectivity index is 1.30. The van der Waals surface area contributed by atoms with Gasteiger partial charge in [0.15, 0.2) is 0 Å². The number of nitrogens with zero attached hydrogens (tertiary/aromatic N) is 4. The molecule has 8 rings (SSSR count). The lowest BCUT2D eigenvalue weighted by Crippen LogP contribution is -2.00. The molecule has 0 bridgehead atoms. The molecule has 0 saturated carbocycles. The van der Waals surface area contributed by atoms with Crippen molar-refractivity contribution in [3.8, 4) is 0 Å². The summed E-state index contributed by atoms with van der Waals surface area (Å²) in [5.74, 6) is 0. The van der Waals surface area contributed by atoms with Gasteiger partial charge in [-0.05, 0) is 124 Å². The van der Waals surface area contributed by atoms with Gasteiger partial charge in [0.25, 0.3) is 0 Å². The van der Waals surface area contributed by atoms with Gasteiger partial charge in [-0.15, -0.1) is 0 Å². The van der Waals surface area contributed by atoms with Crippen LogP contribution in [0.15, 0.2) is 60.9 Å². The largest absolute Gasteiger partial charge is 0.299 e. The summed E-state index contributed by atoms with van der Waals surface area (Å²) in [4.78, 5) is 10.5. The van der Waals surface area contributed by atoms with Crippen LogP contribution in [0.3, 0.4) is 0 Å². The Labute approximate surface area is 258 Å². The molecule has 44 heavy (non-hydrogen) atoms. The minimum Gasteiger partial charge on any atom is -0.299 e.